The Morgan fingerprint density at radius 3 is 2.80 bits per heavy atom. The summed E-state index contributed by atoms with van der Waals surface area (Å²) in [4.78, 5) is 2.17. The SMILES string of the molecule is CN1CCC(N)=C(NN)C1. The number of rotatable bonds is 1. The molecule has 0 fully saturated rings. The van der Waals surface area contributed by atoms with Gasteiger partial charge in [-0.1, -0.05) is 0 Å². The highest BCUT2D eigenvalue weighted by Crippen LogP contribution is 2.08. The van der Waals surface area contributed by atoms with E-state index in [-0.39, 0.29) is 0 Å². The molecule has 0 unspecified atom stereocenters. The summed E-state index contributed by atoms with van der Waals surface area (Å²) in [7, 11) is 2.05. The maximum absolute atomic E-state index is 5.66. The summed E-state index contributed by atoms with van der Waals surface area (Å²) in [6, 6.07) is 0. The van der Waals surface area contributed by atoms with Crippen LogP contribution in [0.15, 0.2) is 11.4 Å². The van der Waals surface area contributed by atoms with Crippen LogP contribution in [0.3, 0.4) is 0 Å². The van der Waals surface area contributed by atoms with E-state index >= 15 is 0 Å². The van der Waals surface area contributed by atoms with Crippen molar-refractivity contribution < 1.29 is 0 Å². The Balaban J connectivity index is 2.62. The van der Waals surface area contributed by atoms with Crippen LogP contribution in [0.25, 0.3) is 0 Å². The first kappa shape index (κ1) is 7.37. The molecule has 0 aromatic rings. The smallest absolute Gasteiger partial charge is 0.0586 e. The second kappa shape index (κ2) is 2.90. The average Bonchev–Trinajstić information content (AvgIpc) is 1.94. The molecule has 0 radical (unpaired) electrons. The van der Waals surface area contributed by atoms with Gasteiger partial charge in [-0.2, -0.15) is 0 Å². The van der Waals surface area contributed by atoms with Crippen LogP contribution in [0, 0.1) is 0 Å². The molecular weight excluding hydrogens is 128 g/mol. The molecule has 0 atom stereocenters. The first-order chi connectivity index (χ1) is 4.74. The van der Waals surface area contributed by atoms with Crippen molar-refractivity contribution in [3.05, 3.63) is 11.4 Å². The predicted molar refractivity (Wildman–Crippen MR) is 40.7 cm³/mol. The van der Waals surface area contributed by atoms with Crippen LogP contribution in [0.5, 0.6) is 0 Å². The Bertz CT molecular complexity index is 152. The van der Waals surface area contributed by atoms with E-state index in [4.69, 9.17) is 11.6 Å². The standard InChI is InChI=1S/C6H14N4/c1-10-3-2-5(7)6(4-10)9-8/h9H,2-4,7-8H2,1H3. The zero-order valence-electron chi connectivity index (χ0n) is 6.22. The number of nitrogens with two attached hydrogens (primary N) is 2. The van der Waals surface area contributed by atoms with Crippen molar-refractivity contribution in [3.63, 3.8) is 0 Å². The molecule has 0 amide bonds. The molecule has 1 heterocycles. The normalized spacial score (nSPS) is 21.4. The van der Waals surface area contributed by atoms with E-state index in [0.717, 1.165) is 30.9 Å². The Morgan fingerprint density at radius 2 is 2.30 bits per heavy atom. The summed E-state index contributed by atoms with van der Waals surface area (Å²) in [6.45, 7) is 1.86. The van der Waals surface area contributed by atoms with Gasteiger partial charge in [0.15, 0.2) is 0 Å². The zero-order valence-corrected chi connectivity index (χ0v) is 6.22. The molecule has 0 aromatic carbocycles. The van der Waals surface area contributed by atoms with Crippen molar-refractivity contribution >= 4 is 0 Å². The van der Waals surface area contributed by atoms with Gasteiger partial charge in [-0.15, -0.1) is 0 Å². The van der Waals surface area contributed by atoms with Crippen LogP contribution in [0.4, 0.5) is 0 Å². The molecule has 10 heavy (non-hydrogen) atoms. The van der Waals surface area contributed by atoms with Crippen LogP contribution in [-0.4, -0.2) is 25.0 Å². The van der Waals surface area contributed by atoms with Gasteiger partial charge in [-0.05, 0) is 7.05 Å². The second-order valence-electron chi connectivity index (χ2n) is 2.64. The summed E-state index contributed by atoms with van der Waals surface area (Å²) in [5.41, 5.74) is 10.1. The van der Waals surface area contributed by atoms with Crippen LogP contribution >= 0.6 is 0 Å². The van der Waals surface area contributed by atoms with Crippen molar-refractivity contribution in [1.29, 1.82) is 0 Å². The predicted octanol–water partition coefficient (Wildman–Crippen LogP) is -1.04. The summed E-state index contributed by atoms with van der Waals surface area (Å²) in [5.74, 6) is 5.24. The number of hydrogen-bond acceptors (Lipinski definition) is 4. The molecule has 4 heteroatoms. The van der Waals surface area contributed by atoms with Gasteiger partial charge in [0, 0.05) is 25.2 Å². The van der Waals surface area contributed by atoms with Crippen molar-refractivity contribution in [1.82, 2.24) is 10.3 Å². The Hall–Kier alpha value is -0.740. The molecule has 1 aliphatic rings. The number of nitrogens with zero attached hydrogens (tertiary/aromatic N) is 1. The highest BCUT2D eigenvalue weighted by atomic mass is 15.3. The lowest BCUT2D eigenvalue weighted by Gasteiger charge is -2.25. The number of nitrogens with one attached hydrogen (secondary N) is 1. The topological polar surface area (TPSA) is 67.3 Å². The average molecular weight is 142 g/mol. The number of likely N-dealkylation sites (N-methyl/N-ethyl adjacent to an activating group) is 1. The van der Waals surface area contributed by atoms with Gasteiger partial charge in [0.2, 0.25) is 0 Å². The van der Waals surface area contributed by atoms with Crippen LogP contribution < -0.4 is 17.0 Å². The molecule has 5 N–H and O–H groups in total. The molecule has 0 bridgehead atoms. The zero-order chi connectivity index (χ0) is 7.56. The largest absolute Gasteiger partial charge is 0.401 e. The molecule has 1 aliphatic heterocycles. The molecular formula is C6H14N4. The van der Waals surface area contributed by atoms with E-state index in [2.05, 4.69) is 10.3 Å². The third kappa shape index (κ3) is 1.40. The van der Waals surface area contributed by atoms with Crippen molar-refractivity contribution in [2.24, 2.45) is 11.6 Å². The van der Waals surface area contributed by atoms with Crippen LogP contribution in [0.1, 0.15) is 6.42 Å². The maximum atomic E-state index is 5.66. The fourth-order valence-corrected chi connectivity index (χ4v) is 1.05. The Labute approximate surface area is 60.8 Å². The van der Waals surface area contributed by atoms with Gasteiger partial charge in [0.1, 0.15) is 0 Å². The monoisotopic (exact) mass is 142 g/mol. The summed E-state index contributed by atoms with van der Waals surface area (Å²) >= 11 is 0. The van der Waals surface area contributed by atoms with Crippen LogP contribution in [-0.2, 0) is 0 Å². The van der Waals surface area contributed by atoms with E-state index in [0.29, 0.717) is 0 Å². The molecule has 4 nitrogen and oxygen atoms in total. The van der Waals surface area contributed by atoms with Gasteiger partial charge in [0.05, 0.1) is 5.70 Å². The molecule has 1 rings (SSSR count). The molecule has 0 saturated heterocycles. The number of hydrazine groups is 1. The second-order valence-corrected chi connectivity index (χ2v) is 2.64. The first-order valence-electron chi connectivity index (χ1n) is 3.36. The highest BCUT2D eigenvalue weighted by Gasteiger charge is 2.11. The maximum Gasteiger partial charge on any atom is 0.0586 e. The lowest BCUT2D eigenvalue weighted by atomic mass is 10.2. The van der Waals surface area contributed by atoms with Gasteiger partial charge < -0.3 is 16.1 Å². The number of hydrogen-bond donors (Lipinski definition) is 3. The van der Waals surface area contributed by atoms with Crippen molar-refractivity contribution in [2.75, 3.05) is 20.1 Å². The van der Waals surface area contributed by atoms with Crippen LogP contribution in [0.2, 0.25) is 0 Å². The highest BCUT2D eigenvalue weighted by molar-refractivity contribution is 5.13. The fourth-order valence-electron chi connectivity index (χ4n) is 1.05. The Kier molecular flexibility index (Phi) is 2.13. The minimum absolute atomic E-state index is 0.836. The third-order valence-corrected chi connectivity index (χ3v) is 1.75. The van der Waals surface area contributed by atoms with E-state index < -0.39 is 0 Å². The summed E-state index contributed by atoms with van der Waals surface area (Å²) in [5, 5.41) is 0. The Morgan fingerprint density at radius 1 is 1.60 bits per heavy atom. The molecule has 58 valence electrons. The minimum Gasteiger partial charge on any atom is -0.401 e. The van der Waals surface area contributed by atoms with Gasteiger partial charge in [0.25, 0.3) is 0 Å². The third-order valence-electron chi connectivity index (χ3n) is 1.75. The quantitative estimate of drug-likeness (QED) is 0.323. The van der Waals surface area contributed by atoms with Gasteiger partial charge in [-0.25, -0.2) is 0 Å². The van der Waals surface area contributed by atoms with Crippen molar-refractivity contribution in [3.8, 4) is 0 Å². The van der Waals surface area contributed by atoms with Crippen molar-refractivity contribution in [2.45, 2.75) is 6.42 Å². The fraction of sp³-hybridized carbons (Fsp3) is 0.667. The lowest BCUT2D eigenvalue weighted by molar-refractivity contribution is 0.337. The molecule has 0 saturated carbocycles. The minimum atomic E-state index is 0.836. The van der Waals surface area contributed by atoms with E-state index in [1.54, 1.807) is 0 Å². The summed E-state index contributed by atoms with van der Waals surface area (Å²) in [6.07, 6.45) is 0.913. The summed E-state index contributed by atoms with van der Waals surface area (Å²) < 4.78 is 0. The molecule has 0 spiro atoms. The molecule has 0 aliphatic carbocycles. The van der Waals surface area contributed by atoms with E-state index in [9.17, 15) is 0 Å². The van der Waals surface area contributed by atoms with Gasteiger partial charge >= 0.3 is 0 Å². The van der Waals surface area contributed by atoms with E-state index in [1.807, 2.05) is 7.05 Å². The molecule has 0 aromatic heterocycles. The lowest BCUT2D eigenvalue weighted by Crippen LogP contribution is -2.38. The van der Waals surface area contributed by atoms with E-state index in [1.165, 1.54) is 0 Å². The van der Waals surface area contributed by atoms with Gasteiger partial charge in [-0.3, -0.25) is 5.84 Å². The first-order valence-corrected chi connectivity index (χ1v) is 3.36.